The molecule has 3 heterocycles. The molecule has 25 heavy (non-hydrogen) atoms. The van der Waals surface area contributed by atoms with Gasteiger partial charge in [0.1, 0.15) is 5.69 Å². The summed E-state index contributed by atoms with van der Waals surface area (Å²) in [4.78, 5) is 23.1. The highest BCUT2D eigenvalue weighted by Crippen LogP contribution is 2.26. The molecule has 130 valence electrons. The molecule has 1 unspecified atom stereocenters. The molecule has 1 amide bonds. The number of carbonyl (C=O) groups excluding carboxylic acids is 1. The minimum Gasteiger partial charge on any atom is -0.350 e. The lowest BCUT2D eigenvalue weighted by atomic mass is 10.1. The normalized spacial score (nSPS) is 12.1. The number of nitrogens with one attached hydrogen (secondary N) is 1. The maximum atomic E-state index is 12.2. The van der Waals surface area contributed by atoms with Crippen LogP contribution < -0.4 is 5.32 Å². The molecule has 3 rings (SSSR count). The third kappa shape index (κ3) is 4.30. The number of thiophene rings is 1. The average Bonchev–Trinajstić information content (AvgIpc) is 3.20. The molecular weight excluding hydrogens is 336 g/mol. The number of hydrogen-bond acceptors (Lipinski definition) is 6. The summed E-state index contributed by atoms with van der Waals surface area (Å²) >= 11 is 1.75. The van der Waals surface area contributed by atoms with Crippen LogP contribution >= 0.6 is 11.3 Å². The third-order valence-electron chi connectivity index (χ3n) is 3.85. The van der Waals surface area contributed by atoms with Gasteiger partial charge in [0.05, 0.1) is 6.04 Å². The number of hydrogen-bond donors (Lipinski definition) is 1. The van der Waals surface area contributed by atoms with Gasteiger partial charge in [0.25, 0.3) is 0 Å². The molecule has 1 N–H and O–H groups in total. The van der Waals surface area contributed by atoms with Crippen molar-refractivity contribution in [2.45, 2.75) is 39.7 Å². The first-order valence-corrected chi connectivity index (χ1v) is 8.95. The second-order valence-corrected chi connectivity index (χ2v) is 7.34. The van der Waals surface area contributed by atoms with Crippen LogP contribution in [0, 0.1) is 13.8 Å². The highest BCUT2D eigenvalue weighted by atomic mass is 32.1. The molecule has 0 aliphatic rings. The summed E-state index contributed by atoms with van der Waals surface area (Å²) < 4.78 is 5.20. The van der Waals surface area contributed by atoms with Crippen LogP contribution in [0.1, 0.15) is 40.6 Å². The maximum Gasteiger partial charge on any atom is 0.227 e. The highest BCUT2D eigenvalue weighted by molar-refractivity contribution is 7.12. The van der Waals surface area contributed by atoms with E-state index in [0.29, 0.717) is 30.3 Å². The van der Waals surface area contributed by atoms with Gasteiger partial charge in [-0.25, -0.2) is 0 Å². The van der Waals surface area contributed by atoms with E-state index in [1.54, 1.807) is 17.5 Å². The van der Waals surface area contributed by atoms with Crippen molar-refractivity contribution in [3.05, 3.63) is 51.7 Å². The van der Waals surface area contributed by atoms with Crippen molar-refractivity contribution < 1.29 is 9.32 Å². The Balaban J connectivity index is 1.54. The van der Waals surface area contributed by atoms with E-state index in [1.165, 1.54) is 15.3 Å². The zero-order chi connectivity index (χ0) is 17.8. The standard InChI is InChI=1S/C18H20N4O2S/c1-11-10-14(13(3)25-11)12(2)20-16(23)7-8-17-21-18(22-24-17)15-6-4-5-9-19-15/h4-6,9-10,12H,7-8H2,1-3H3,(H,20,23). The van der Waals surface area contributed by atoms with Crippen molar-refractivity contribution in [2.75, 3.05) is 0 Å². The maximum absolute atomic E-state index is 12.2. The molecule has 0 aliphatic carbocycles. The molecule has 3 aromatic rings. The largest absolute Gasteiger partial charge is 0.350 e. The van der Waals surface area contributed by atoms with Crippen LogP contribution in [0.3, 0.4) is 0 Å². The van der Waals surface area contributed by atoms with Gasteiger partial charge in [-0.15, -0.1) is 11.3 Å². The SMILES string of the molecule is Cc1cc(C(C)NC(=O)CCc2nc(-c3ccccn3)no2)c(C)s1. The molecule has 3 aromatic heterocycles. The number of pyridine rings is 1. The van der Waals surface area contributed by atoms with E-state index in [9.17, 15) is 4.79 Å². The lowest BCUT2D eigenvalue weighted by Gasteiger charge is -2.13. The molecule has 1 atom stereocenters. The summed E-state index contributed by atoms with van der Waals surface area (Å²) in [6.45, 7) is 6.15. The topological polar surface area (TPSA) is 80.9 Å². The smallest absolute Gasteiger partial charge is 0.227 e. The van der Waals surface area contributed by atoms with Crippen molar-refractivity contribution in [3.63, 3.8) is 0 Å². The van der Waals surface area contributed by atoms with Gasteiger partial charge in [0.15, 0.2) is 0 Å². The number of amides is 1. The van der Waals surface area contributed by atoms with E-state index in [0.717, 1.165) is 0 Å². The van der Waals surface area contributed by atoms with Gasteiger partial charge >= 0.3 is 0 Å². The van der Waals surface area contributed by atoms with Crippen LogP contribution in [0.25, 0.3) is 11.5 Å². The predicted octanol–water partition coefficient (Wildman–Crippen LogP) is 3.62. The lowest BCUT2D eigenvalue weighted by Crippen LogP contribution is -2.26. The molecular formula is C18H20N4O2S. The van der Waals surface area contributed by atoms with Crippen molar-refractivity contribution in [3.8, 4) is 11.5 Å². The van der Waals surface area contributed by atoms with Crippen LogP contribution in [-0.2, 0) is 11.2 Å². The molecule has 0 bridgehead atoms. The Bertz CT molecular complexity index is 857. The Labute approximate surface area is 150 Å². The highest BCUT2D eigenvalue weighted by Gasteiger charge is 2.15. The zero-order valence-electron chi connectivity index (χ0n) is 14.4. The fraction of sp³-hybridized carbons (Fsp3) is 0.333. The van der Waals surface area contributed by atoms with E-state index >= 15 is 0 Å². The minimum atomic E-state index is -0.0339. The summed E-state index contributed by atoms with van der Waals surface area (Å²) in [5.41, 5.74) is 1.82. The first-order valence-electron chi connectivity index (χ1n) is 8.13. The molecule has 0 saturated carbocycles. The second-order valence-electron chi connectivity index (χ2n) is 5.88. The number of nitrogens with zero attached hydrogens (tertiary/aromatic N) is 3. The number of carbonyl (C=O) groups is 1. The predicted molar refractivity (Wildman–Crippen MR) is 96.2 cm³/mol. The Morgan fingerprint density at radius 1 is 1.36 bits per heavy atom. The van der Waals surface area contributed by atoms with Gasteiger partial charge in [-0.1, -0.05) is 11.2 Å². The fourth-order valence-electron chi connectivity index (χ4n) is 2.65. The summed E-state index contributed by atoms with van der Waals surface area (Å²) in [5.74, 6) is 0.841. The van der Waals surface area contributed by atoms with Crippen LogP contribution in [0.5, 0.6) is 0 Å². The van der Waals surface area contributed by atoms with Gasteiger partial charge in [-0.05, 0) is 44.5 Å². The number of rotatable bonds is 6. The molecule has 7 heteroatoms. The van der Waals surface area contributed by atoms with E-state index in [1.807, 2.05) is 25.1 Å². The summed E-state index contributed by atoms with van der Waals surface area (Å²) in [6.07, 6.45) is 2.38. The van der Waals surface area contributed by atoms with Crippen molar-refractivity contribution in [1.82, 2.24) is 20.4 Å². The van der Waals surface area contributed by atoms with E-state index in [4.69, 9.17) is 4.52 Å². The van der Waals surface area contributed by atoms with Crippen LogP contribution in [0.2, 0.25) is 0 Å². The Morgan fingerprint density at radius 3 is 2.88 bits per heavy atom. The number of aryl methyl sites for hydroxylation is 3. The van der Waals surface area contributed by atoms with Crippen LogP contribution in [-0.4, -0.2) is 21.0 Å². The Kier molecular flexibility index (Phi) is 5.23. The van der Waals surface area contributed by atoms with Crippen LogP contribution in [0.15, 0.2) is 35.0 Å². The van der Waals surface area contributed by atoms with Crippen molar-refractivity contribution in [2.24, 2.45) is 0 Å². The zero-order valence-corrected chi connectivity index (χ0v) is 15.3. The monoisotopic (exact) mass is 356 g/mol. The first-order chi connectivity index (χ1) is 12.0. The second kappa shape index (κ2) is 7.57. The molecule has 0 aliphatic heterocycles. The van der Waals surface area contributed by atoms with Crippen molar-refractivity contribution in [1.29, 1.82) is 0 Å². The lowest BCUT2D eigenvalue weighted by molar-refractivity contribution is -0.121. The van der Waals surface area contributed by atoms with Gasteiger partial charge < -0.3 is 9.84 Å². The minimum absolute atomic E-state index is 0.00999. The van der Waals surface area contributed by atoms with E-state index in [-0.39, 0.29) is 11.9 Å². The average molecular weight is 356 g/mol. The molecule has 0 spiro atoms. The van der Waals surface area contributed by atoms with Crippen LogP contribution in [0.4, 0.5) is 0 Å². The van der Waals surface area contributed by atoms with Gasteiger partial charge in [0.2, 0.25) is 17.6 Å². The molecule has 0 aromatic carbocycles. The summed E-state index contributed by atoms with van der Waals surface area (Å²) in [6, 6.07) is 7.62. The number of aromatic nitrogens is 3. The van der Waals surface area contributed by atoms with Gasteiger partial charge in [-0.2, -0.15) is 4.98 Å². The van der Waals surface area contributed by atoms with Gasteiger partial charge in [0, 0.05) is 28.8 Å². The Morgan fingerprint density at radius 2 is 2.20 bits per heavy atom. The molecule has 0 fully saturated rings. The Hall–Kier alpha value is -2.54. The summed E-state index contributed by atoms with van der Waals surface area (Å²) in [7, 11) is 0. The molecule has 6 nitrogen and oxygen atoms in total. The quantitative estimate of drug-likeness (QED) is 0.729. The summed E-state index contributed by atoms with van der Waals surface area (Å²) in [5, 5.41) is 6.93. The fourth-order valence-corrected chi connectivity index (χ4v) is 3.67. The third-order valence-corrected chi connectivity index (χ3v) is 4.83. The molecule has 0 saturated heterocycles. The first kappa shape index (κ1) is 17.3. The van der Waals surface area contributed by atoms with Gasteiger partial charge in [-0.3, -0.25) is 9.78 Å². The van der Waals surface area contributed by atoms with E-state index < -0.39 is 0 Å². The van der Waals surface area contributed by atoms with Crippen molar-refractivity contribution >= 4 is 17.2 Å². The van der Waals surface area contributed by atoms with E-state index in [2.05, 4.69) is 40.4 Å². The molecule has 0 radical (unpaired) electrons.